The second kappa shape index (κ2) is 6.66. The van der Waals surface area contributed by atoms with E-state index in [1.165, 1.54) is 17.7 Å². The lowest BCUT2D eigenvalue weighted by Crippen LogP contribution is -2.03. The van der Waals surface area contributed by atoms with E-state index in [1.54, 1.807) is 11.8 Å². The van der Waals surface area contributed by atoms with Crippen LogP contribution in [0, 0.1) is 6.92 Å². The Balaban J connectivity index is 2.12. The summed E-state index contributed by atoms with van der Waals surface area (Å²) in [6.07, 6.45) is 6.56. The summed E-state index contributed by atoms with van der Waals surface area (Å²) in [7, 11) is 0. The van der Waals surface area contributed by atoms with Gasteiger partial charge in [-0.2, -0.15) is 0 Å². The molecule has 4 heteroatoms. The average Bonchev–Trinajstić information content (AvgIpc) is 2.77. The van der Waals surface area contributed by atoms with Crippen molar-refractivity contribution in [2.75, 3.05) is 11.6 Å². The molecule has 1 heterocycles. The maximum Gasteiger partial charge on any atom is 0.207 e. The summed E-state index contributed by atoms with van der Waals surface area (Å²) in [5, 5.41) is 3.40. The number of nitrogens with one attached hydrogen (secondary N) is 1. The Morgan fingerprint density at radius 1 is 1.26 bits per heavy atom. The van der Waals surface area contributed by atoms with Gasteiger partial charge in [0.05, 0.1) is 5.69 Å². The van der Waals surface area contributed by atoms with Crippen molar-refractivity contribution in [1.82, 2.24) is 9.55 Å². The molecule has 0 fully saturated rings. The highest BCUT2D eigenvalue weighted by Gasteiger charge is 2.05. The summed E-state index contributed by atoms with van der Waals surface area (Å²) in [6.45, 7) is 5.26. The number of anilines is 2. The topological polar surface area (TPSA) is 29.9 Å². The third-order valence-electron chi connectivity index (χ3n) is 3.00. The fraction of sp³-hybridized carbons (Fsp3) is 0.400. The zero-order valence-corrected chi connectivity index (χ0v) is 12.6. The minimum absolute atomic E-state index is 0.933. The van der Waals surface area contributed by atoms with Crippen molar-refractivity contribution in [2.45, 2.75) is 38.1 Å². The van der Waals surface area contributed by atoms with Crippen LogP contribution in [0.1, 0.15) is 25.5 Å². The van der Waals surface area contributed by atoms with Crippen molar-refractivity contribution in [1.29, 1.82) is 0 Å². The highest BCUT2D eigenvalue weighted by Crippen LogP contribution is 2.21. The Labute approximate surface area is 119 Å². The van der Waals surface area contributed by atoms with Crippen LogP contribution in [0.3, 0.4) is 0 Å². The monoisotopic (exact) mass is 275 g/mol. The molecule has 0 saturated carbocycles. The molecule has 0 aliphatic carbocycles. The maximum atomic E-state index is 4.55. The van der Waals surface area contributed by atoms with Crippen molar-refractivity contribution in [3.63, 3.8) is 0 Å². The number of nitrogens with zero attached hydrogens (tertiary/aromatic N) is 2. The SMILES string of the molecule is CCCCn1cc(C)nc1Nc1ccc(SC)cc1. The molecule has 0 bridgehead atoms. The van der Waals surface area contributed by atoms with Gasteiger partial charge in [0.2, 0.25) is 5.95 Å². The number of imidazole rings is 1. The van der Waals surface area contributed by atoms with Gasteiger partial charge in [0.15, 0.2) is 0 Å². The quantitative estimate of drug-likeness (QED) is 0.789. The summed E-state index contributed by atoms with van der Waals surface area (Å²) < 4.78 is 2.20. The predicted octanol–water partition coefficient (Wildman–Crippen LogP) is 4.46. The van der Waals surface area contributed by atoms with Crippen molar-refractivity contribution in [2.24, 2.45) is 0 Å². The Bertz CT molecular complexity index is 517. The molecule has 0 radical (unpaired) electrons. The van der Waals surface area contributed by atoms with Crippen LogP contribution in [-0.4, -0.2) is 15.8 Å². The second-order valence-electron chi connectivity index (χ2n) is 4.61. The largest absolute Gasteiger partial charge is 0.326 e. The first-order valence-corrected chi connectivity index (χ1v) is 7.90. The Morgan fingerprint density at radius 2 is 2.00 bits per heavy atom. The smallest absolute Gasteiger partial charge is 0.207 e. The van der Waals surface area contributed by atoms with E-state index in [0.29, 0.717) is 0 Å². The van der Waals surface area contributed by atoms with Gasteiger partial charge in [-0.25, -0.2) is 4.98 Å². The summed E-state index contributed by atoms with van der Waals surface area (Å²) in [5.41, 5.74) is 2.14. The van der Waals surface area contributed by atoms with Crippen LogP contribution in [0.25, 0.3) is 0 Å². The molecule has 0 aliphatic rings. The number of rotatable bonds is 6. The average molecular weight is 275 g/mol. The van der Waals surface area contributed by atoms with Crippen LogP contribution in [0.15, 0.2) is 35.4 Å². The molecule has 1 aromatic carbocycles. The molecule has 1 N–H and O–H groups in total. The summed E-state index contributed by atoms with van der Waals surface area (Å²) >= 11 is 1.75. The van der Waals surface area contributed by atoms with Crippen molar-refractivity contribution in [3.05, 3.63) is 36.2 Å². The van der Waals surface area contributed by atoms with Crippen molar-refractivity contribution >= 4 is 23.4 Å². The summed E-state index contributed by atoms with van der Waals surface area (Å²) in [4.78, 5) is 5.82. The maximum absolute atomic E-state index is 4.55. The normalized spacial score (nSPS) is 10.7. The van der Waals surface area contributed by atoms with Crippen molar-refractivity contribution in [3.8, 4) is 0 Å². The fourth-order valence-electron chi connectivity index (χ4n) is 1.95. The highest BCUT2D eigenvalue weighted by atomic mass is 32.2. The molecule has 0 amide bonds. The van der Waals surface area contributed by atoms with Crippen LogP contribution in [0.4, 0.5) is 11.6 Å². The van der Waals surface area contributed by atoms with Crippen LogP contribution in [0.5, 0.6) is 0 Å². The van der Waals surface area contributed by atoms with Gasteiger partial charge in [0.25, 0.3) is 0 Å². The molecule has 2 rings (SSSR count). The molecule has 0 unspecified atom stereocenters. The van der Waals surface area contributed by atoms with Gasteiger partial charge in [-0.1, -0.05) is 13.3 Å². The highest BCUT2D eigenvalue weighted by molar-refractivity contribution is 7.98. The van der Waals surface area contributed by atoms with E-state index in [0.717, 1.165) is 23.9 Å². The molecule has 0 spiro atoms. The van der Waals surface area contributed by atoms with Gasteiger partial charge in [-0.15, -0.1) is 11.8 Å². The fourth-order valence-corrected chi connectivity index (χ4v) is 2.36. The standard InChI is InChI=1S/C15H21N3S/c1-4-5-10-18-11-12(2)16-15(18)17-13-6-8-14(19-3)9-7-13/h6-9,11H,4-5,10H2,1-3H3,(H,16,17). The second-order valence-corrected chi connectivity index (χ2v) is 5.49. The lowest BCUT2D eigenvalue weighted by atomic mass is 10.3. The Morgan fingerprint density at radius 3 is 2.63 bits per heavy atom. The molecule has 1 aromatic heterocycles. The van der Waals surface area contributed by atoms with Gasteiger partial charge in [-0.3, -0.25) is 0 Å². The Hall–Kier alpha value is -1.42. The molecule has 0 saturated heterocycles. The third-order valence-corrected chi connectivity index (χ3v) is 3.74. The van der Waals surface area contributed by atoms with E-state index in [-0.39, 0.29) is 0 Å². The van der Waals surface area contributed by atoms with E-state index >= 15 is 0 Å². The number of hydrogen-bond acceptors (Lipinski definition) is 3. The van der Waals surface area contributed by atoms with Gasteiger partial charge >= 0.3 is 0 Å². The van der Waals surface area contributed by atoms with Crippen LogP contribution in [0.2, 0.25) is 0 Å². The third kappa shape index (κ3) is 3.77. The van der Waals surface area contributed by atoms with Gasteiger partial charge in [0, 0.05) is 23.3 Å². The number of unbranched alkanes of at least 4 members (excludes halogenated alkanes) is 1. The first-order chi connectivity index (χ1) is 9.22. The summed E-state index contributed by atoms with van der Waals surface area (Å²) in [6, 6.07) is 8.44. The van der Waals surface area contributed by atoms with Crippen LogP contribution < -0.4 is 5.32 Å². The Kier molecular flexibility index (Phi) is 4.91. The minimum Gasteiger partial charge on any atom is -0.326 e. The molecule has 0 aliphatic heterocycles. The number of benzene rings is 1. The zero-order valence-electron chi connectivity index (χ0n) is 11.8. The number of aromatic nitrogens is 2. The summed E-state index contributed by atoms with van der Waals surface area (Å²) in [5.74, 6) is 0.933. The first kappa shape index (κ1) is 14.0. The van der Waals surface area contributed by atoms with Gasteiger partial charge < -0.3 is 9.88 Å². The number of aryl methyl sites for hydroxylation is 2. The minimum atomic E-state index is 0.933. The van der Waals surface area contributed by atoms with Gasteiger partial charge in [0.1, 0.15) is 0 Å². The number of thioether (sulfide) groups is 1. The molecular formula is C15H21N3S. The lowest BCUT2D eigenvalue weighted by Gasteiger charge is -2.09. The first-order valence-electron chi connectivity index (χ1n) is 6.67. The van der Waals surface area contributed by atoms with E-state index in [1.807, 2.05) is 6.92 Å². The molecule has 0 atom stereocenters. The lowest BCUT2D eigenvalue weighted by molar-refractivity contribution is 0.637. The zero-order chi connectivity index (χ0) is 13.7. The molecule has 102 valence electrons. The molecular weight excluding hydrogens is 254 g/mol. The predicted molar refractivity (Wildman–Crippen MR) is 83.4 cm³/mol. The van der Waals surface area contributed by atoms with E-state index in [4.69, 9.17) is 0 Å². The van der Waals surface area contributed by atoms with Crippen molar-refractivity contribution < 1.29 is 0 Å². The molecule has 3 nitrogen and oxygen atoms in total. The van der Waals surface area contributed by atoms with E-state index in [2.05, 4.69) is 58.5 Å². The number of hydrogen-bond donors (Lipinski definition) is 1. The van der Waals surface area contributed by atoms with Crippen LogP contribution in [-0.2, 0) is 6.54 Å². The van der Waals surface area contributed by atoms with Gasteiger partial charge in [-0.05, 0) is 43.9 Å². The van der Waals surface area contributed by atoms with Crippen LogP contribution >= 0.6 is 11.8 Å². The molecule has 19 heavy (non-hydrogen) atoms. The van der Waals surface area contributed by atoms with E-state index < -0.39 is 0 Å². The molecule has 2 aromatic rings. The van der Waals surface area contributed by atoms with E-state index in [9.17, 15) is 0 Å².